The summed E-state index contributed by atoms with van der Waals surface area (Å²) in [7, 11) is 0. The Morgan fingerprint density at radius 3 is 2.34 bits per heavy atom. The molecule has 1 amide bonds. The van der Waals surface area contributed by atoms with E-state index in [4.69, 9.17) is 0 Å². The molecule has 198 valence electrons. The number of anilines is 1. The Kier molecular flexibility index (Phi) is 5.58. The maximum Gasteiger partial charge on any atom is 0.586 e. The minimum atomic E-state index is -4.93. The number of aromatic nitrogens is 1. The molecule has 1 aromatic heterocycles. The van der Waals surface area contributed by atoms with E-state index in [-0.39, 0.29) is 22.9 Å². The lowest BCUT2D eigenvalue weighted by atomic mass is 9.94. The van der Waals surface area contributed by atoms with Crippen molar-refractivity contribution in [3.63, 3.8) is 0 Å². The van der Waals surface area contributed by atoms with Crippen molar-refractivity contribution in [2.75, 3.05) is 5.32 Å². The highest BCUT2D eigenvalue weighted by atomic mass is 19.4. The number of fused-ring (bicyclic) bond motifs is 1. The van der Waals surface area contributed by atoms with Gasteiger partial charge in [0.1, 0.15) is 11.6 Å². The van der Waals surface area contributed by atoms with Crippen LogP contribution in [0, 0.1) is 12.7 Å². The van der Waals surface area contributed by atoms with Gasteiger partial charge in [-0.05, 0) is 67.3 Å². The highest BCUT2D eigenvalue weighted by molar-refractivity contribution is 6.01. The summed E-state index contributed by atoms with van der Waals surface area (Å²) in [6, 6.07) is 7.01. The number of pyridine rings is 1. The zero-order chi connectivity index (χ0) is 27.6. The number of rotatable bonds is 5. The molecule has 7 nitrogen and oxygen atoms in total. The summed E-state index contributed by atoms with van der Waals surface area (Å²) in [4.78, 5) is 28.5. The van der Waals surface area contributed by atoms with Gasteiger partial charge in [0.2, 0.25) is 5.91 Å². The average molecular weight is 538 g/mol. The van der Waals surface area contributed by atoms with E-state index < -0.39 is 58.0 Å². The van der Waals surface area contributed by atoms with Gasteiger partial charge in [0, 0.05) is 5.56 Å². The molecule has 1 aliphatic heterocycles. The second kappa shape index (κ2) is 8.36. The maximum atomic E-state index is 14.4. The molecule has 1 aliphatic carbocycles. The third kappa shape index (κ3) is 4.37. The summed E-state index contributed by atoms with van der Waals surface area (Å²) in [5, 5.41) is 11.8. The molecular formula is C25H16F6N2O5. The third-order valence-corrected chi connectivity index (χ3v) is 6.43. The van der Waals surface area contributed by atoms with Crippen LogP contribution in [0.4, 0.5) is 32.2 Å². The first kappa shape index (κ1) is 25.4. The molecule has 2 aromatic carbocycles. The fourth-order valence-electron chi connectivity index (χ4n) is 4.27. The van der Waals surface area contributed by atoms with Gasteiger partial charge >= 0.3 is 18.4 Å². The van der Waals surface area contributed by atoms with Crippen LogP contribution in [0.2, 0.25) is 0 Å². The van der Waals surface area contributed by atoms with Crippen molar-refractivity contribution in [1.29, 1.82) is 0 Å². The number of carbonyl (C=O) groups excluding carboxylic acids is 1. The number of amides is 1. The molecule has 2 heterocycles. The number of halogens is 6. The fraction of sp³-hybridized carbons (Fsp3) is 0.240. The van der Waals surface area contributed by atoms with Crippen molar-refractivity contribution in [3.8, 4) is 22.8 Å². The van der Waals surface area contributed by atoms with Gasteiger partial charge in [0.25, 0.3) is 0 Å². The van der Waals surface area contributed by atoms with Crippen molar-refractivity contribution in [1.82, 2.24) is 4.98 Å². The standard InChI is InChI=1S/C25H16F6N2O5/c1-11-14(21(34)35)8-12(9-16(11)26)20-15(24(27,28)29)3-5-19(32-20)33-22(36)23(6-7-23)13-2-4-17-18(10-13)38-25(30,31)37-17/h2-5,8-10H,6-7H2,1H3,(H,34,35)(H,32,33,36). The molecule has 2 aliphatic rings. The normalized spacial score (nSPS) is 16.7. The Bertz CT molecular complexity index is 1500. The molecular weight excluding hydrogens is 522 g/mol. The van der Waals surface area contributed by atoms with Crippen molar-refractivity contribution >= 4 is 17.7 Å². The van der Waals surface area contributed by atoms with Crippen molar-refractivity contribution in [3.05, 3.63) is 70.5 Å². The number of hydrogen-bond donors (Lipinski definition) is 2. The molecule has 1 fully saturated rings. The van der Waals surface area contributed by atoms with E-state index in [0.29, 0.717) is 24.5 Å². The summed E-state index contributed by atoms with van der Waals surface area (Å²) >= 11 is 0. The van der Waals surface area contributed by atoms with Gasteiger partial charge in [-0.25, -0.2) is 14.2 Å². The van der Waals surface area contributed by atoms with Crippen LogP contribution in [-0.4, -0.2) is 28.3 Å². The number of aromatic carboxylic acids is 1. The molecule has 0 saturated heterocycles. The molecule has 1 saturated carbocycles. The molecule has 0 spiro atoms. The predicted octanol–water partition coefficient (Wildman–Crippen LogP) is 5.90. The summed E-state index contributed by atoms with van der Waals surface area (Å²) in [5.41, 5.74) is -4.17. The second-order valence-electron chi connectivity index (χ2n) is 8.89. The Labute approximate surface area is 210 Å². The van der Waals surface area contributed by atoms with E-state index in [1.54, 1.807) is 0 Å². The Morgan fingerprint density at radius 2 is 1.71 bits per heavy atom. The molecule has 13 heteroatoms. The van der Waals surface area contributed by atoms with E-state index in [9.17, 15) is 41.0 Å². The lowest BCUT2D eigenvalue weighted by Gasteiger charge is -2.18. The monoisotopic (exact) mass is 538 g/mol. The highest BCUT2D eigenvalue weighted by Gasteiger charge is 2.53. The van der Waals surface area contributed by atoms with E-state index in [2.05, 4.69) is 19.8 Å². The van der Waals surface area contributed by atoms with Crippen LogP contribution < -0.4 is 14.8 Å². The number of alkyl halides is 5. The number of ether oxygens (including phenoxy) is 2. The number of nitrogens with one attached hydrogen (secondary N) is 1. The molecule has 0 bridgehead atoms. The molecule has 0 unspecified atom stereocenters. The van der Waals surface area contributed by atoms with Gasteiger partial charge in [-0.15, -0.1) is 8.78 Å². The summed E-state index contributed by atoms with van der Waals surface area (Å²) in [6.07, 6.45) is -8.15. The summed E-state index contributed by atoms with van der Waals surface area (Å²) < 4.78 is 91.1. The number of benzene rings is 2. The predicted molar refractivity (Wildman–Crippen MR) is 119 cm³/mol. The average Bonchev–Trinajstić information content (AvgIpc) is 3.57. The van der Waals surface area contributed by atoms with Crippen LogP contribution in [0.3, 0.4) is 0 Å². The molecule has 2 N–H and O–H groups in total. The lowest BCUT2D eigenvalue weighted by Crippen LogP contribution is -2.28. The van der Waals surface area contributed by atoms with Crippen LogP contribution in [0.25, 0.3) is 11.3 Å². The quantitative estimate of drug-likeness (QED) is 0.393. The number of nitrogens with zero attached hydrogens (tertiary/aromatic N) is 1. The molecule has 0 radical (unpaired) electrons. The number of carboxylic acid groups (broad SMARTS) is 1. The third-order valence-electron chi connectivity index (χ3n) is 6.43. The van der Waals surface area contributed by atoms with E-state index in [0.717, 1.165) is 18.2 Å². The smallest absolute Gasteiger partial charge is 0.478 e. The van der Waals surface area contributed by atoms with Gasteiger partial charge in [-0.3, -0.25) is 4.79 Å². The first-order valence-electron chi connectivity index (χ1n) is 11.0. The summed E-state index contributed by atoms with van der Waals surface area (Å²) in [5.74, 6) is -4.04. The van der Waals surface area contributed by atoms with Gasteiger partial charge in [0.15, 0.2) is 11.5 Å². The Hall–Kier alpha value is -4.29. The molecule has 0 atom stereocenters. The van der Waals surface area contributed by atoms with Gasteiger partial charge in [-0.2, -0.15) is 13.2 Å². The first-order valence-corrected chi connectivity index (χ1v) is 11.0. The van der Waals surface area contributed by atoms with Crippen LogP contribution >= 0.6 is 0 Å². The van der Waals surface area contributed by atoms with Gasteiger partial charge in [0.05, 0.1) is 22.2 Å². The minimum Gasteiger partial charge on any atom is -0.478 e. The number of hydrogen-bond acceptors (Lipinski definition) is 5. The largest absolute Gasteiger partial charge is 0.586 e. The van der Waals surface area contributed by atoms with E-state index in [1.807, 2.05) is 0 Å². The summed E-state index contributed by atoms with van der Waals surface area (Å²) in [6.45, 7) is 1.17. The van der Waals surface area contributed by atoms with Crippen LogP contribution in [0.5, 0.6) is 11.5 Å². The van der Waals surface area contributed by atoms with Crippen LogP contribution in [0.1, 0.15) is 39.9 Å². The number of carbonyl (C=O) groups is 2. The molecule has 5 rings (SSSR count). The number of carboxylic acids is 1. The van der Waals surface area contributed by atoms with Crippen molar-refractivity contribution in [2.45, 2.75) is 37.7 Å². The van der Waals surface area contributed by atoms with Gasteiger partial charge in [-0.1, -0.05) is 6.07 Å². The molecule has 3 aromatic rings. The van der Waals surface area contributed by atoms with Crippen LogP contribution in [0.15, 0.2) is 42.5 Å². The first-order chi connectivity index (χ1) is 17.7. The zero-order valence-corrected chi connectivity index (χ0v) is 19.3. The Balaban J connectivity index is 1.50. The molecule has 38 heavy (non-hydrogen) atoms. The maximum absolute atomic E-state index is 14.4. The van der Waals surface area contributed by atoms with Crippen molar-refractivity contribution < 1.29 is 50.5 Å². The second-order valence-corrected chi connectivity index (χ2v) is 8.89. The van der Waals surface area contributed by atoms with Crippen molar-refractivity contribution in [2.24, 2.45) is 0 Å². The minimum absolute atomic E-state index is 0.213. The Morgan fingerprint density at radius 1 is 1.03 bits per heavy atom. The van der Waals surface area contributed by atoms with Gasteiger partial charge < -0.3 is 19.9 Å². The van der Waals surface area contributed by atoms with Crippen LogP contribution in [-0.2, 0) is 16.4 Å². The van der Waals surface area contributed by atoms with E-state index in [1.165, 1.54) is 25.1 Å². The topological polar surface area (TPSA) is 97.8 Å². The fourth-order valence-corrected chi connectivity index (χ4v) is 4.27. The highest BCUT2D eigenvalue weighted by Crippen LogP contribution is 2.52. The SMILES string of the molecule is Cc1c(F)cc(-c2nc(NC(=O)C3(c4ccc5c(c4)OC(F)(F)O5)CC3)ccc2C(F)(F)F)cc1C(=O)O. The zero-order valence-electron chi connectivity index (χ0n) is 19.3. The van der Waals surface area contributed by atoms with E-state index >= 15 is 0 Å². The lowest BCUT2D eigenvalue weighted by molar-refractivity contribution is -0.286.